The monoisotopic (exact) mass is 444 g/mol. The highest BCUT2D eigenvalue weighted by Crippen LogP contribution is 2.42. The summed E-state index contributed by atoms with van der Waals surface area (Å²) in [5, 5.41) is 0. The van der Waals surface area contributed by atoms with E-state index in [2.05, 4.69) is 9.88 Å². The fourth-order valence-electron chi connectivity index (χ4n) is 4.08. The Hall–Kier alpha value is -3.84. The van der Waals surface area contributed by atoms with Crippen LogP contribution in [0.4, 0.5) is 0 Å². The standard InChI is InChI=1S/C26H24N2O5/c1-30-22-5-3-17(13-23(22)31-2)9-12-28-15-20-21(32-16-28)6-4-19-25(29)24(33-26(19)20)14-18-7-10-27-11-8-18/h3-8,10-11,13-14H,9,12,15-16H2,1-2H3/b24-14-. The highest BCUT2D eigenvalue weighted by molar-refractivity contribution is 6.15. The van der Waals surface area contributed by atoms with Gasteiger partial charge in [-0.3, -0.25) is 14.7 Å². The molecule has 3 heterocycles. The van der Waals surface area contributed by atoms with E-state index in [1.165, 1.54) is 0 Å². The molecular formula is C26H24N2O5. The number of benzene rings is 2. The average Bonchev–Trinajstić information content (AvgIpc) is 3.18. The van der Waals surface area contributed by atoms with Crippen molar-refractivity contribution in [2.24, 2.45) is 0 Å². The number of carbonyl (C=O) groups excluding carboxylic acids is 1. The number of fused-ring (bicyclic) bond motifs is 3. The van der Waals surface area contributed by atoms with E-state index in [4.69, 9.17) is 18.9 Å². The molecule has 168 valence electrons. The van der Waals surface area contributed by atoms with Gasteiger partial charge in [0.2, 0.25) is 5.78 Å². The maximum Gasteiger partial charge on any atom is 0.231 e. The minimum atomic E-state index is -0.118. The number of rotatable bonds is 6. The summed E-state index contributed by atoms with van der Waals surface area (Å²) in [5.74, 6) is 2.97. The summed E-state index contributed by atoms with van der Waals surface area (Å²) in [6.07, 6.45) is 5.94. The molecule has 1 aromatic heterocycles. The molecule has 0 saturated heterocycles. The van der Waals surface area contributed by atoms with Crippen LogP contribution in [0.15, 0.2) is 60.6 Å². The van der Waals surface area contributed by atoms with Crippen LogP contribution in [0.1, 0.15) is 27.0 Å². The minimum Gasteiger partial charge on any atom is -0.493 e. The number of hydrogen-bond donors (Lipinski definition) is 0. The number of allylic oxidation sites excluding steroid dienone is 1. The molecule has 0 bridgehead atoms. The van der Waals surface area contributed by atoms with Crippen LogP contribution in [0.3, 0.4) is 0 Å². The van der Waals surface area contributed by atoms with E-state index in [1.54, 1.807) is 38.8 Å². The van der Waals surface area contributed by atoms with E-state index < -0.39 is 0 Å². The lowest BCUT2D eigenvalue weighted by atomic mass is 10.0. The molecule has 0 fully saturated rings. The van der Waals surface area contributed by atoms with Crippen LogP contribution >= 0.6 is 0 Å². The SMILES string of the molecule is COc1ccc(CCN2COc3ccc4c(c3C2)O/C(=C\c2ccncc2)C4=O)cc1OC. The Balaban J connectivity index is 1.33. The molecule has 2 aliphatic heterocycles. The van der Waals surface area contributed by atoms with Gasteiger partial charge in [0.15, 0.2) is 17.3 Å². The fraction of sp³-hybridized carbons (Fsp3) is 0.231. The quantitative estimate of drug-likeness (QED) is 0.530. The van der Waals surface area contributed by atoms with E-state index in [1.807, 2.05) is 36.4 Å². The van der Waals surface area contributed by atoms with Crippen molar-refractivity contribution in [1.29, 1.82) is 0 Å². The Labute approximate surface area is 192 Å². The van der Waals surface area contributed by atoms with Crippen LogP contribution in [0.2, 0.25) is 0 Å². The van der Waals surface area contributed by atoms with Gasteiger partial charge < -0.3 is 18.9 Å². The third-order valence-corrected chi connectivity index (χ3v) is 5.85. The Kier molecular flexibility index (Phi) is 5.71. The second-order valence-corrected chi connectivity index (χ2v) is 7.90. The summed E-state index contributed by atoms with van der Waals surface area (Å²) in [4.78, 5) is 19.1. The van der Waals surface area contributed by atoms with Crippen molar-refractivity contribution in [3.63, 3.8) is 0 Å². The lowest BCUT2D eigenvalue weighted by Crippen LogP contribution is -2.33. The molecule has 0 spiro atoms. The molecule has 3 aromatic rings. The number of methoxy groups -OCH3 is 2. The maximum absolute atomic E-state index is 12.9. The zero-order valence-corrected chi connectivity index (χ0v) is 18.5. The number of nitrogens with zero attached hydrogens (tertiary/aromatic N) is 2. The lowest BCUT2D eigenvalue weighted by Gasteiger charge is -2.29. The van der Waals surface area contributed by atoms with Crippen molar-refractivity contribution >= 4 is 11.9 Å². The molecule has 2 aliphatic rings. The van der Waals surface area contributed by atoms with Crippen molar-refractivity contribution in [2.45, 2.75) is 13.0 Å². The molecular weight excluding hydrogens is 420 g/mol. The first-order chi connectivity index (χ1) is 16.2. The third kappa shape index (κ3) is 4.15. The molecule has 0 atom stereocenters. The molecule has 0 aliphatic carbocycles. The topological polar surface area (TPSA) is 70.1 Å². The normalized spacial score (nSPS) is 16.1. The Bertz CT molecular complexity index is 1220. The molecule has 2 aromatic carbocycles. The summed E-state index contributed by atoms with van der Waals surface area (Å²) in [6, 6.07) is 13.3. The third-order valence-electron chi connectivity index (χ3n) is 5.85. The van der Waals surface area contributed by atoms with E-state index >= 15 is 0 Å². The van der Waals surface area contributed by atoms with Crippen molar-refractivity contribution in [3.8, 4) is 23.0 Å². The molecule has 0 saturated carbocycles. The largest absolute Gasteiger partial charge is 0.493 e. The van der Waals surface area contributed by atoms with E-state index in [0.29, 0.717) is 41.8 Å². The molecule has 0 radical (unpaired) electrons. The number of ether oxygens (including phenoxy) is 4. The Morgan fingerprint density at radius 3 is 2.67 bits per heavy atom. The lowest BCUT2D eigenvalue weighted by molar-refractivity contribution is 0.0949. The second-order valence-electron chi connectivity index (χ2n) is 7.90. The van der Waals surface area contributed by atoms with Gasteiger partial charge in [0, 0.05) is 25.5 Å². The van der Waals surface area contributed by atoms with Crippen LogP contribution in [0.25, 0.3) is 6.08 Å². The van der Waals surface area contributed by atoms with E-state index in [-0.39, 0.29) is 5.78 Å². The highest BCUT2D eigenvalue weighted by atomic mass is 16.5. The van der Waals surface area contributed by atoms with Gasteiger partial charge in [-0.1, -0.05) is 6.07 Å². The number of ketones is 1. The van der Waals surface area contributed by atoms with E-state index in [9.17, 15) is 4.79 Å². The zero-order valence-electron chi connectivity index (χ0n) is 18.5. The predicted octanol–water partition coefficient (Wildman–Crippen LogP) is 4.11. The predicted molar refractivity (Wildman–Crippen MR) is 123 cm³/mol. The number of hydrogen-bond acceptors (Lipinski definition) is 7. The summed E-state index contributed by atoms with van der Waals surface area (Å²) < 4.78 is 22.8. The summed E-state index contributed by atoms with van der Waals surface area (Å²) in [7, 11) is 3.26. The van der Waals surface area contributed by atoms with Gasteiger partial charge in [0.25, 0.3) is 0 Å². The van der Waals surface area contributed by atoms with Crippen molar-refractivity contribution in [1.82, 2.24) is 9.88 Å². The first kappa shape index (κ1) is 21.0. The van der Waals surface area contributed by atoms with Gasteiger partial charge in [-0.2, -0.15) is 0 Å². The molecule has 33 heavy (non-hydrogen) atoms. The molecule has 0 N–H and O–H groups in total. The number of Topliss-reactive ketones (excluding diaryl/α,β-unsaturated/α-hetero) is 1. The molecule has 5 rings (SSSR count). The van der Waals surface area contributed by atoms with Crippen molar-refractivity contribution in [2.75, 3.05) is 27.5 Å². The average molecular weight is 444 g/mol. The molecule has 7 heteroatoms. The molecule has 7 nitrogen and oxygen atoms in total. The van der Waals surface area contributed by atoms with Crippen LogP contribution in [-0.4, -0.2) is 43.2 Å². The number of pyridine rings is 1. The van der Waals surface area contributed by atoms with Crippen molar-refractivity contribution < 1.29 is 23.7 Å². The van der Waals surface area contributed by atoms with Crippen LogP contribution in [0.5, 0.6) is 23.0 Å². The van der Waals surface area contributed by atoms with Gasteiger partial charge in [-0.05, 0) is 60.0 Å². The summed E-state index contributed by atoms with van der Waals surface area (Å²) in [6.45, 7) is 1.90. The van der Waals surface area contributed by atoms with Gasteiger partial charge in [-0.25, -0.2) is 0 Å². The van der Waals surface area contributed by atoms with Crippen LogP contribution in [0, 0.1) is 0 Å². The first-order valence-electron chi connectivity index (χ1n) is 10.7. The molecule has 0 unspecified atom stereocenters. The van der Waals surface area contributed by atoms with E-state index in [0.717, 1.165) is 35.4 Å². The van der Waals surface area contributed by atoms with Crippen LogP contribution < -0.4 is 18.9 Å². The van der Waals surface area contributed by atoms with Gasteiger partial charge in [-0.15, -0.1) is 0 Å². The van der Waals surface area contributed by atoms with Crippen LogP contribution in [-0.2, 0) is 13.0 Å². The van der Waals surface area contributed by atoms with Gasteiger partial charge >= 0.3 is 0 Å². The minimum absolute atomic E-state index is 0.118. The fourth-order valence-corrected chi connectivity index (χ4v) is 4.08. The zero-order chi connectivity index (χ0) is 22.8. The van der Waals surface area contributed by atoms with Gasteiger partial charge in [0.1, 0.15) is 18.2 Å². The van der Waals surface area contributed by atoms with Gasteiger partial charge in [0.05, 0.1) is 25.3 Å². The number of carbonyl (C=O) groups is 1. The first-order valence-corrected chi connectivity index (χ1v) is 10.7. The smallest absolute Gasteiger partial charge is 0.231 e. The maximum atomic E-state index is 12.9. The second kappa shape index (κ2) is 8.96. The highest BCUT2D eigenvalue weighted by Gasteiger charge is 2.33. The molecule has 0 amide bonds. The van der Waals surface area contributed by atoms with Crippen molar-refractivity contribution in [3.05, 3.63) is 82.9 Å². The Morgan fingerprint density at radius 1 is 1.06 bits per heavy atom. The summed E-state index contributed by atoms with van der Waals surface area (Å²) >= 11 is 0. The Morgan fingerprint density at radius 2 is 1.88 bits per heavy atom. The number of aromatic nitrogens is 1. The summed E-state index contributed by atoms with van der Waals surface area (Å²) in [5.41, 5.74) is 3.48.